The molecule has 6 rings (SSSR count). The number of fused-ring (bicyclic) bond motifs is 5. The normalized spacial score (nSPS) is 16.9. The Labute approximate surface area is 561 Å². The number of carboxylic acids is 4. The maximum Gasteiger partial charge on any atom is 1.00 e. The number of carbonyl (C=O) groups excluding carboxylic acids is 7. The van der Waals surface area contributed by atoms with Crippen molar-refractivity contribution < 1.29 is 192 Å². The van der Waals surface area contributed by atoms with Gasteiger partial charge in [-0.15, -0.1) is 0 Å². The fraction of sp³-hybridized carbons (Fsp3) is 0.296. The predicted octanol–water partition coefficient (Wildman–Crippen LogP) is -15.2. The number of hydrogen-bond acceptors (Lipinski definition) is 20. The number of nitrogens with zero attached hydrogens (tertiary/aromatic N) is 5. The van der Waals surface area contributed by atoms with E-state index in [-0.39, 0.29) is 168 Å². The van der Waals surface area contributed by atoms with E-state index in [2.05, 4.69) is 22.7 Å². The molecule has 5 heterocycles. The molecule has 0 radical (unpaired) electrons. The van der Waals surface area contributed by atoms with Crippen molar-refractivity contribution in [2.45, 2.75) is 65.4 Å². The van der Waals surface area contributed by atoms with Crippen LogP contribution < -0.4 is 160 Å². The summed E-state index contributed by atoms with van der Waals surface area (Å²) in [6.45, 7) is 7.24. The minimum absolute atomic E-state index is 0. The van der Waals surface area contributed by atoms with Gasteiger partial charge in [0.1, 0.15) is 5.60 Å². The van der Waals surface area contributed by atoms with Crippen LogP contribution in [0.2, 0.25) is 0 Å². The molecule has 28 heteroatoms. The summed E-state index contributed by atoms with van der Waals surface area (Å²) in [5.74, 6) is -8.78. The number of carboxylic acid groups (broad SMARTS) is 4. The van der Waals surface area contributed by atoms with E-state index < -0.39 is 81.0 Å². The predicted molar refractivity (Wildman–Crippen MR) is 277 cm³/mol. The third-order valence-electron chi connectivity index (χ3n) is 12.9. The smallest absolute Gasteiger partial charge is 0.548 e. The Morgan fingerprint density at radius 1 is 0.707 bits per heavy atom. The summed E-state index contributed by atoms with van der Waals surface area (Å²) < 4.78 is 0. The second-order valence-corrected chi connectivity index (χ2v) is 18.4. The van der Waals surface area contributed by atoms with Gasteiger partial charge in [-0.3, -0.25) is 24.7 Å². The van der Waals surface area contributed by atoms with Gasteiger partial charge in [0, 0.05) is 48.5 Å². The number of amides is 3. The first-order valence-electron chi connectivity index (χ1n) is 24.4. The van der Waals surface area contributed by atoms with Crippen molar-refractivity contribution in [3.8, 4) is 0 Å². The quantitative estimate of drug-likeness (QED) is 0.0229. The van der Waals surface area contributed by atoms with Crippen molar-refractivity contribution in [1.29, 1.82) is 0 Å². The van der Waals surface area contributed by atoms with Gasteiger partial charge in [0.25, 0.3) is 0 Å². The van der Waals surface area contributed by atoms with Crippen LogP contribution in [-0.2, 0) is 38.4 Å². The SMILES string of the molecule is C=CC1=C(C)C2=CC3=NC(=CC4=NC(=CC5=C(C=CNOCCCNC(=O)/C=C/c6ccc([10B](O)O)cc6)C(C)(O)C(=CC1=N2)N5)C(C)=C4CCC(=O)N(CC(=O)[O-])CC(=O)[O-])C(CCC(=O)N(CC(=O)[O-])CC(=O)[O-])=C3C.[Na+].[Na+].[Na+].[Na+]. The summed E-state index contributed by atoms with van der Waals surface area (Å²) >= 11 is 0. The Hall–Kier alpha value is -4.84. The molecule has 0 saturated carbocycles. The van der Waals surface area contributed by atoms with Crippen LogP contribution in [0.1, 0.15) is 65.4 Å². The average molecular weight is 1160 g/mol. The second-order valence-electron chi connectivity index (χ2n) is 18.4. The number of aliphatic hydroxyl groups is 1. The number of hydrogen-bond donors (Lipinski definition) is 6. The van der Waals surface area contributed by atoms with Crippen molar-refractivity contribution in [2.24, 2.45) is 15.0 Å². The molecule has 0 saturated heterocycles. The number of benzene rings is 1. The Bertz CT molecular complexity index is 3120. The molecule has 3 amide bonds. The van der Waals surface area contributed by atoms with Crippen LogP contribution in [0.5, 0.6) is 0 Å². The molecule has 82 heavy (non-hydrogen) atoms. The maximum absolute atomic E-state index is 13.5. The molecule has 8 bridgehead atoms. The fourth-order valence-electron chi connectivity index (χ4n) is 8.79. The molecule has 408 valence electrons. The Morgan fingerprint density at radius 3 is 1.78 bits per heavy atom. The van der Waals surface area contributed by atoms with Crippen LogP contribution in [0.25, 0.3) is 6.08 Å². The summed E-state index contributed by atoms with van der Waals surface area (Å²) in [6.07, 6.45) is 13.7. The maximum atomic E-state index is 13.5. The van der Waals surface area contributed by atoms with Gasteiger partial charge in [-0.25, -0.2) is 15.0 Å². The van der Waals surface area contributed by atoms with E-state index in [1.807, 2.05) is 6.92 Å². The number of aliphatic imine (C=N–C) groups is 3. The van der Waals surface area contributed by atoms with Gasteiger partial charge in [-0.2, -0.15) is 0 Å². The van der Waals surface area contributed by atoms with Gasteiger partial charge < -0.3 is 75.2 Å². The van der Waals surface area contributed by atoms with E-state index in [0.717, 1.165) is 0 Å². The fourth-order valence-corrected chi connectivity index (χ4v) is 8.79. The molecule has 0 aromatic heterocycles. The largest absolute Gasteiger partial charge is 1.00 e. The number of rotatable bonds is 25. The number of nitrogens with one attached hydrogen (secondary N) is 3. The van der Waals surface area contributed by atoms with E-state index in [9.17, 15) is 69.1 Å². The van der Waals surface area contributed by atoms with Crippen LogP contribution in [0.15, 0.2) is 162 Å². The van der Waals surface area contributed by atoms with Gasteiger partial charge in [0.2, 0.25) is 17.7 Å². The standard InChI is InChI=1S/C54H59BN8O15.4Na/c1-6-35-30(2)39-22-40-31(3)36(13-16-48(65)62(26-50(67)68)27-51(69)70)42(58-40)24-43-37(14-17-49(66)63(28-52(71)72)29-53(73)74)32(4)41(59-43)23-45-38(54(5,75)46(61-45)25-44(35)60-39)18-20-57-78-21-7-19-56-47(64)15-10-33-8-11-34(12-9-33)55(76)77;;;;/h6,8-12,15,18,20,22-25,57,61,75-77H,1,7,13-14,16-17,19,21,26-29H2,2-5H3,(H,56,64)(H,67,68)(H,69,70)(H,71,72)(H,73,74);;;;/q;4*+1/p-4/b15-10+,20-18?,39-22?,41-23?,42-24?,46-25?;;;;/i55-1;;;;. The molecule has 23 nitrogen and oxygen atoms in total. The molecule has 6 N–H and O–H groups in total. The number of allylic oxidation sites excluding steroid dienone is 11. The van der Waals surface area contributed by atoms with Gasteiger partial charge in [0.05, 0.1) is 96.6 Å². The van der Waals surface area contributed by atoms with E-state index in [4.69, 9.17) is 19.8 Å². The van der Waals surface area contributed by atoms with E-state index >= 15 is 0 Å². The zero-order chi connectivity index (χ0) is 57.0. The summed E-state index contributed by atoms with van der Waals surface area (Å²) in [7, 11) is -1.60. The van der Waals surface area contributed by atoms with Crippen molar-refractivity contribution >= 4 is 77.4 Å². The van der Waals surface area contributed by atoms with Crippen LogP contribution in [0, 0.1) is 0 Å². The Kier molecular flexibility index (Phi) is 30.0. The second kappa shape index (κ2) is 33.6. The summed E-state index contributed by atoms with van der Waals surface area (Å²) in [6, 6.07) is 6.34. The molecule has 0 aliphatic carbocycles. The van der Waals surface area contributed by atoms with Crippen LogP contribution >= 0.6 is 0 Å². The van der Waals surface area contributed by atoms with Crippen LogP contribution in [0.4, 0.5) is 0 Å². The third-order valence-corrected chi connectivity index (χ3v) is 12.9. The zero-order valence-electron chi connectivity index (χ0n) is 47.0. The van der Waals surface area contributed by atoms with E-state index in [0.29, 0.717) is 100 Å². The van der Waals surface area contributed by atoms with Crippen LogP contribution in [0.3, 0.4) is 0 Å². The number of hydroxylamine groups is 1. The molecule has 1 aromatic rings. The molecule has 1 atom stereocenters. The minimum atomic E-state index is -1.72. The monoisotopic (exact) mass is 1160 g/mol. The number of aliphatic carboxylic acids is 4. The summed E-state index contributed by atoms with van der Waals surface area (Å²) in [4.78, 5) is 107. The first kappa shape index (κ1) is 73.3. The van der Waals surface area contributed by atoms with Crippen molar-refractivity contribution in [3.05, 3.63) is 153 Å². The van der Waals surface area contributed by atoms with Gasteiger partial charge in [-0.05, 0) is 122 Å². The van der Waals surface area contributed by atoms with Gasteiger partial charge in [0.15, 0.2) is 0 Å². The molecule has 1 unspecified atom stereocenters. The van der Waals surface area contributed by atoms with Crippen molar-refractivity contribution in [3.63, 3.8) is 0 Å². The van der Waals surface area contributed by atoms with Crippen molar-refractivity contribution in [2.75, 3.05) is 39.3 Å². The first-order chi connectivity index (χ1) is 37.0. The molecule has 1 aromatic carbocycles. The molecule has 0 spiro atoms. The molecular formula is C54H55BN8Na4O15. The minimum Gasteiger partial charge on any atom is -0.548 e. The first-order valence-corrected chi connectivity index (χ1v) is 24.4. The number of carbonyl (C=O) groups is 7. The Morgan fingerprint density at radius 2 is 1.23 bits per heavy atom. The van der Waals surface area contributed by atoms with Gasteiger partial charge >= 0.3 is 125 Å². The molecular weight excluding hydrogens is 1100 g/mol. The van der Waals surface area contributed by atoms with Crippen LogP contribution in [-0.4, -0.2) is 136 Å². The molecule has 5 aliphatic heterocycles. The third kappa shape index (κ3) is 19.6. The van der Waals surface area contributed by atoms with E-state index in [1.54, 1.807) is 75.4 Å². The molecule has 5 aliphatic rings. The molecule has 0 fully saturated rings. The topological polar surface area (TPSA) is 361 Å². The van der Waals surface area contributed by atoms with E-state index in [1.165, 1.54) is 24.4 Å². The van der Waals surface area contributed by atoms with Gasteiger partial charge in [-0.1, -0.05) is 36.9 Å². The summed E-state index contributed by atoms with van der Waals surface area (Å²) in [5, 5.41) is 83.0. The summed E-state index contributed by atoms with van der Waals surface area (Å²) in [5.41, 5.74) is 8.52. The average Bonchev–Trinajstić information content (AvgIpc) is 4.14. The van der Waals surface area contributed by atoms with Crippen molar-refractivity contribution in [1.82, 2.24) is 25.9 Å². The zero-order valence-corrected chi connectivity index (χ0v) is 55.0. The Balaban J connectivity index is 0.00000574.